The third-order valence-corrected chi connectivity index (χ3v) is 4.98. The molecule has 0 saturated heterocycles. The summed E-state index contributed by atoms with van der Waals surface area (Å²) in [6.07, 6.45) is 2.27. The number of amides is 1. The molecule has 1 amide bonds. The van der Waals surface area contributed by atoms with Crippen LogP contribution in [0.15, 0.2) is 65.3 Å². The number of carbonyl (C=O) groups excluding carboxylic acids is 1. The number of rotatable bonds is 4. The third-order valence-electron chi connectivity index (χ3n) is 4.98. The van der Waals surface area contributed by atoms with Crippen molar-refractivity contribution < 1.29 is 18.7 Å². The second-order valence-electron chi connectivity index (χ2n) is 6.45. The summed E-state index contributed by atoms with van der Waals surface area (Å²) in [7, 11) is 3.25. The number of nitrogens with zero attached hydrogens (tertiary/aromatic N) is 1. The Balaban J connectivity index is 1.85. The molecule has 1 atom stereocenters. The minimum absolute atomic E-state index is 0.116. The molecule has 1 aromatic heterocycles. The summed E-state index contributed by atoms with van der Waals surface area (Å²) >= 11 is 0. The van der Waals surface area contributed by atoms with Gasteiger partial charge in [-0.05, 0) is 47.4 Å². The number of methoxy groups -OCH3 is 2. The summed E-state index contributed by atoms with van der Waals surface area (Å²) in [5.74, 6) is 1.59. The van der Waals surface area contributed by atoms with Crippen LogP contribution in [-0.4, -0.2) is 31.6 Å². The van der Waals surface area contributed by atoms with Gasteiger partial charge in [0.2, 0.25) is 0 Å². The predicted octanol–water partition coefficient (Wildman–Crippen LogP) is 4.08. The Bertz CT molecular complexity index is 934. The van der Waals surface area contributed by atoms with E-state index in [4.69, 9.17) is 13.9 Å². The van der Waals surface area contributed by atoms with Gasteiger partial charge in [0.15, 0.2) is 17.3 Å². The number of carbonyl (C=O) groups is 1. The first-order chi connectivity index (χ1) is 13.2. The molecule has 0 saturated carbocycles. The predicted molar refractivity (Wildman–Crippen MR) is 101 cm³/mol. The van der Waals surface area contributed by atoms with Crippen LogP contribution < -0.4 is 9.47 Å². The maximum atomic E-state index is 13.1. The van der Waals surface area contributed by atoms with Crippen molar-refractivity contribution in [2.45, 2.75) is 12.5 Å². The molecule has 3 aromatic rings. The monoisotopic (exact) mass is 363 g/mol. The van der Waals surface area contributed by atoms with Crippen LogP contribution in [0.3, 0.4) is 0 Å². The van der Waals surface area contributed by atoms with E-state index in [9.17, 15) is 4.79 Å². The van der Waals surface area contributed by atoms with Gasteiger partial charge in [-0.25, -0.2) is 0 Å². The van der Waals surface area contributed by atoms with Gasteiger partial charge in [-0.3, -0.25) is 4.79 Å². The zero-order valence-corrected chi connectivity index (χ0v) is 15.3. The van der Waals surface area contributed by atoms with Crippen molar-refractivity contribution in [1.29, 1.82) is 0 Å². The number of furan rings is 1. The highest BCUT2D eigenvalue weighted by Crippen LogP contribution is 2.41. The fraction of sp³-hybridized carbons (Fsp3) is 0.227. The maximum absolute atomic E-state index is 13.1. The first-order valence-corrected chi connectivity index (χ1v) is 8.87. The number of benzene rings is 2. The van der Waals surface area contributed by atoms with E-state index in [1.54, 1.807) is 26.4 Å². The molecule has 138 valence electrons. The summed E-state index contributed by atoms with van der Waals surface area (Å²) in [6, 6.07) is 17.2. The van der Waals surface area contributed by atoms with Crippen molar-refractivity contribution in [3.63, 3.8) is 0 Å². The third kappa shape index (κ3) is 3.05. The van der Waals surface area contributed by atoms with Crippen LogP contribution in [0, 0.1) is 0 Å². The maximum Gasteiger partial charge on any atom is 0.290 e. The summed E-state index contributed by atoms with van der Waals surface area (Å²) in [5.41, 5.74) is 3.25. The van der Waals surface area contributed by atoms with E-state index >= 15 is 0 Å². The lowest BCUT2D eigenvalue weighted by Crippen LogP contribution is -2.40. The lowest BCUT2D eigenvalue weighted by molar-refractivity contribution is 0.0661. The van der Waals surface area contributed by atoms with E-state index < -0.39 is 0 Å². The van der Waals surface area contributed by atoms with Crippen LogP contribution in [0.4, 0.5) is 0 Å². The Morgan fingerprint density at radius 3 is 2.44 bits per heavy atom. The van der Waals surface area contributed by atoms with E-state index in [0.717, 1.165) is 23.1 Å². The average molecular weight is 363 g/mol. The van der Waals surface area contributed by atoms with Crippen LogP contribution in [0.25, 0.3) is 0 Å². The molecule has 0 aliphatic carbocycles. The highest BCUT2D eigenvalue weighted by Gasteiger charge is 2.34. The number of hydrogen-bond acceptors (Lipinski definition) is 4. The first kappa shape index (κ1) is 17.2. The molecule has 0 spiro atoms. The number of hydrogen-bond donors (Lipinski definition) is 0. The Labute approximate surface area is 158 Å². The molecule has 0 fully saturated rings. The Hall–Kier alpha value is -3.21. The molecule has 1 aliphatic rings. The van der Waals surface area contributed by atoms with Gasteiger partial charge in [0.05, 0.1) is 26.5 Å². The van der Waals surface area contributed by atoms with Crippen LogP contribution in [0.5, 0.6) is 11.5 Å². The second kappa shape index (κ2) is 7.19. The van der Waals surface area contributed by atoms with E-state index in [1.807, 2.05) is 47.4 Å². The fourth-order valence-electron chi connectivity index (χ4n) is 3.70. The van der Waals surface area contributed by atoms with Gasteiger partial charge in [-0.2, -0.15) is 0 Å². The standard InChI is InChI=1S/C22H21NO4/c1-25-19-13-16-10-11-23(22(24)18-9-6-12-27-18)21(15-7-4-3-5-8-15)17(16)14-20(19)26-2/h3-9,12-14,21H,10-11H2,1-2H3/t21-/m1/s1. The quantitative estimate of drug-likeness (QED) is 0.701. The zero-order chi connectivity index (χ0) is 18.8. The zero-order valence-electron chi connectivity index (χ0n) is 15.3. The topological polar surface area (TPSA) is 51.9 Å². The molecule has 2 aromatic carbocycles. The van der Waals surface area contributed by atoms with Gasteiger partial charge in [0.25, 0.3) is 5.91 Å². The Morgan fingerprint density at radius 1 is 1.04 bits per heavy atom. The molecule has 0 N–H and O–H groups in total. The molecular weight excluding hydrogens is 342 g/mol. The Kier molecular flexibility index (Phi) is 4.59. The van der Waals surface area contributed by atoms with Crippen molar-refractivity contribution in [2.24, 2.45) is 0 Å². The number of ether oxygens (including phenoxy) is 2. The molecule has 0 bridgehead atoms. The van der Waals surface area contributed by atoms with E-state index in [2.05, 4.69) is 0 Å². The van der Waals surface area contributed by atoms with Crippen molar-refractivity contribution >= 4 is 5.91 Å². The minimum atomic E-state index is -0.215. The minimum Gasteiger partial charge on any atom is -0.493 e. The molecule has 4 rings (SSSR count). The fourth-order valence-corrected chi connectivity index (χ4v) is 3.70. The van der Waals surface area contributed by atoms with Crippen LogP contribution in [-0.2, 0) is 6.42 Å². The van der Waals surface area contributed by atoms with Gasteiger partial charge in [-0.1, -0.05) is 30.3 Å². The molecule has 1 aliphatic heterocycles. The van der Waals surface area contributed by atoms with E-state index in [-0.39, 0.29) is 11.9 Å². The first-order valence-electron chi connectivity index (χ1n) is 8.87. The molecule has 0 radical (unpaired) electrons. The average Bonchev–Trinajstić information content (AvgIpc) is 3.26. The summed E-state index contributed by atoms with van der Waals surface area (Å²) in [6.45, 7) is 0.599. The van der Waals surface area contributed by atoms with Gasteiger partial charge < -0.3 is 18.8 Å². The molecular formula is C22H21NO4. The van der Waals surface area contributed by atoms with Crippen molar-refractivity contribution in [2.75, 3.05) is 20.8 Å². The van der Waals surface area contributed by atoms with Crippen LogP contribution >= 0.6 is 0 Å². The lowest BCUT2D eigenvalue weighted by Gasteiger charge is -2.37. The molecule has 2 heterocycles. The molecule has 5 nitrogen and oxygen atoms in total. The van der Waals surface area contributed by atoms with E-state index in [0.29, 0.717) is 23.8 Å². The summed E-state index contributed by atoms with van der Waals surface area (Å²) in [5, 5.41) is 0. The SMILES string of the molecule is COc1cc2c(cc1OC)[C@@H](c1ccccc1)N(C(=O)c1ccco1)CC2. The largest absolute Gasteiger partial charge is 0.493 e. The van der Waals surface area contributed by atoms with Crippen LogP contribution in [0.2, 0.25) is 0 Å². The lowest BCUT2D eigenvalue weighted by atomic mass is 9.87. The van der Waals surface area contributed by atoms with Crippen molar-refractivity contribution in [1.82, 2.24) is 4.90 Å². The van der Waals surface area contributed by atoms with Crippen molar-refractivity contribution in [3.05, 3.63) is 83.3 Å². The summed E-state index contributed by atoms with van der Waals surface area (Å²) < 4.78 is 16.3. The van der Waals surface area contributed by atoms with Crippen LogP contribution in [0.1, 0.15) is 33.3 Å². The summed E-state index contributed by atoms with van der Waals surface area (Å²) in [4.78, 5) is 15.0. The Morgan fingerprint density at radius 2 is 1.78 bits per heavy atom. The van der Waals surface area contributed by atoms with E-state index in [1.165, 1.54) is 6.26 Å². The van der Waals surface area contributed by atoms with Gasteiger partial charge in [0, 0.05) is 6.54 Å². The second-order valence-corrected chi connectivity index (χ2v) is 6.45. The van der Waals surface area contributed by atoms with Gasteiger partial charge >= 0.3 is 0 Å². The van der Waals surface area contributed by atoms with Crippen molar-refractivity contribution in [3.8, 4) is 11.5 Å². The normalized spacial score (nSPS) is 15.9. The molecule has 0 unspecified atom stereocenters. The highest BCUT2D eigenvalue weighted by atomic mass is 16.5. The molecule has 27 heavy (non-hydrogen) atoms. The van der Waals surface area contributed by atoms with Gasteiger partial charge in [0.1, 0.15) is 0 Å². The van der Waals surface area contributed by atoms with Gasteiger partial charge in [-0.15, -0.1) is 0 Å². The highest BCUT2D eigenvalue weighted by molar-refractivity contribution is 5.92. The number of fused-ring (bicyclic) bond motifs is 1. The smallest absolute Gasteiger partial charge is 0.290 e. The molecule has 5 heteroatoms.